The van der Waals surface area contributed by atoms with Gasteiger partial charge in [0, 0.05) is 5.69 Å². The molecule has 0 atom stereocenters. The van der Waals surface area contributed by atoms with Crippen LogP contribution in [0.25, 0.3) is 0 Å². The molecule has 0 saturated carbocycles. The number of sulfone groups is 1. The number of halogens is 1. The molecule has 1 N–H and O–H groups in total. The fourth-order valence-electron chi connectivity index (χ4n) is 1.58. The van der Waals surface area contributed by atoms with Gasteiger partial charge in [-0.3, -0.25) is 0 Å². The number of rotatable bonds is 5. The van der Waals surface area contributed by atoms with Crippen molar-refractivity contribution >= 4 is 31.5 Å². The third kappa shape index (κ3) is 3.39. The summed E-state index contributed by atoms with van der Waals surface area (Å²) in [5.41, 5.74) is 0.846. The number of hydrogen-bond acceptors (Lipinski definition) is 4. The van der Waals surface area contributed by atoms with Crippen molar-refractivity contribution in [3.63, 3.8) is 0 Å². The first-order valence-corrected chi connectivity index (χ1v) is 8.26. The standard InChI is InChI=1S/C13H14BrNO3S/c1-2-19(16,17)11-5-3-10(4-6-11)15-9-13-12(14)7-8-18-13/h3-8,15H,2,9H2,1H3. The highest BCUT2D eigenvalue weighted by atomic mass is 79.9. The van der Waals surface area contributed by atoms with E-state index >= 15 is 0 Å². The van der Waals surface area contributed by atoms with Crippen molar-refractivity contribution < 1.29 is 12.8 Å². The second-order valence-corrected chi connectivity index (χ2v) is 7.11. The Morgan fingerprint density at radius 3 is 2.42 bits per heavy atom. The first-order valence-electron chi connectivity index (χ1n) is 5.81. The van der Waals surface area contributed by atoms with Gasteiger partial charge in [0.15, 0.2) is 9.84 Å². The molecular weight excluding hydrogens is 330 g/mol. The summed E-state index contributed by atoms with van der Waals surface area (Å²) in [5, 5.41) is 3.17. The van der Waals surface area contributed by atoms with Gasteiger partial charge in [0.25, 0.3) is 0 Å². The van der Waals surface area contributed by atoms with E-state index in [-0.39, 0.29) is 5.75 Å². The molecule has 2 rings (SSSR count). The summed E-state index contributed by atoms with van der Waals surface area (Å²) in [5.74, 6) is 0.907. The summed E-state index contributed by atoms with van der Waals surface area (Å²) in [6, 6.07) is 8.55. The van der Waals surface area contributed by atoms with Gasteiger partial charge >= 0.3 is 0 Å². The molecule has 19 heavy (non-hydrogen) atoms. The summed E-state index contributed by atoms with van der Waals surface area (Å²) in [6.45, 7) is 2.17. The summed E-state index contributed by atoms with van der Waals surface area (Å²) in [6.07, 6.45) is 1.61. The number of benzene rings is 1. The van der Waals surface area contributed by atoms with E-state index in [9.17, 15) is 8.42 Å². The van der Waals surface area contributed by atoms with E-state index in [1.54, 1.807) is 37.5 Å². The Balaban J connectivity index is 2.06. The Morgan fingerprint density at radius 2 is 1.89 bits per heavy atom. The predicted molar refractivity (Wildman–Crippen MR) is 77.9 cm³/mol. The van der Waals surface area contributed by atoms with Gasteiger partial charge in [-0.1, -0.05) is 6.92 Å². The van der Waals surface area contributed by atoms with Crippen molar-refractivity contribution in [3.8, 4) is 0 Å². The van der Waals surface area contributed by atoms with E-state index in [0.717, 1.165) is 15.9 Å². The van der Waals surface area contributed by atoms with Crippen molar-refractivity contribution in [3.05, 3.63) is 46.8 Å². The normalized spacial score (nSPS) is 11.5. The van der Waals surface area contributed by atoms with Crippen molar-refractivity contribution in [1.82, 2.24) is 0 Å². The van der Waals surface area contributed by atoms with Gasteiger partial charge in [0.2, 0.25) is 0 Å². The van der Waals surface area contributed by atoms with Crippen LogP contribution in [-0.4, -0.2) is 14.2 Å². The Morgan fingerprint density at radius 1 is 1.21 bits per heavy atom. The van der Waals surface area contributed by atoms with Crippen LogP contribution in [-0.2, 0) is 16.4 Å². The molecule has 4 nitrogen and oxygen atoms in total. The minimum Gasteiger partial charge on any atom is -0.466 e. The van der Waals surface area contributed by atoms with Gasteiger partial charge in [-0.05, 0) is 46.3 Å². The van der Waals surface area contributed by atoms with E-state index in [2.05, 4.69) is 21.2 Å². The predicted octanol–water partition coefficient (Wildman–Crippen LogP) is 3.45. The molecular formula is C13H14BrNO3S. The average Bonchev–Trinajstić information content (AvgIpc) is 2.82. The number of nitrogens with one attached hydrogen (secondary N) is 1. The maximum Gasteiger partial charge on any atom is 0.178 e. The fourth-order valence-corrected chi connectivity index (χ4v) is 2.81. The molecule has 1 aromatic carbocycles. The molecule has 0 aliphatic carbocycles. The summed E-state index contributed by atoms with van der Waals surface area (Å²) < 4.78 is 29.5. The van der Waals surface area contributed by atoms with Crippen LogP contribution in [0.2, 0.25) is 0 Å². The van der Waals surface area contributed by atoms with Gasteiger partial charge in [-0.15, -0.1) is 0 Å². The molecule has 0 aliphatic rings. The summed E-state index contributed by atoms with van der Waals surface area (Å²) in [7, 11) is -3.13. The molecule has 0 aliphatic heterocycles. The molecule has 0 spiro atoms. The number of anilines is 1. The summed E-state index contributed by atoms with van der Waals surface area (Å²) in [4.78, 5) is 0.347. The van der Waals surface area contributed by atoms with E-state index in [0.29, 0.717) is 11.4 Å². The lowest BCUT2D eigenvalue weighted by Crippen LogP contribution is -2.04. The number of furan rings is 1. The second kappa shape index (κ2) is 5.79. The van der Waals surface area contributed by atoms with Gasteiger partial charge in [-0.2, -0.15) is 0 Å². The molecule has 2 aromatic rings. The quantitative estimate of drug-likeness (QED) is 0.903. The molecule has 0 radical (unpaired) electrons. The van der Waals surface area contributed by atoms with Crippen LogP contribution < -0.4 is 5.32 Å². The highest BCUT2D eigenvalue weighted by Crippen LogP contribution is 2.20. The van der Waals surface area contributed by atoms with Crippen LogP contribution in [0, 0.1) is 0 Å². The van der Waals surface area contributed by atoms with E-state index in [1.807, 2.05) is 6.07 Å². The molecule has 102 valence electrons. The minimum atomic E-state index is -3.13. The van der Waals surface area contributed by atoms with E-state index in [4.69, 9.17) is 4.42 Å². The molecule has 6 heteroatoms. The Labute approximate surface area is 120 Å². The lowest BCUT2D eigenvalue weighted by atomic mass is 10.3. The van der Waals surface area contributed by atoms with Crippen molar-refractivity contribution in [2.45, 2.75) is 18.4 Å². The first-order chi connectivity index (χ1) is 9.03. The minimum absolute atomic E-state index is 0.110. The van der Waals surface area contributed by atoms with Crippen LogP contribution in [0.15, 0.2) is 50.4 Å². The highest BCUT2D eigenvalue weighted by Gasteiger charge is 2.10. The fraction of sp³-hybridized carbons (Fsp3) is 0.231. The van der Waals surface area contributed by atoms with Crippen molar-refractivity contribution in [1.29, 1.82) is 0 Å². The van der Waals surface area contributed by atoms with Gasteiger partial charge in [0.1, 0.15) is 5.76 Å². The molecule has 0 bridgehead atoms. The van der Waals surface area contributed by atoms with Crippen LogP contribution in [0.5, 0.6) is 0 Å². The topological polar surface area (TPSA) is 59.3 Å². The van der Waals surface area contributed by atoms with Crippen LogP contribution >= 0.6 is 15.9 Å². The molecule has 0 amide bonds. The molecule has 1 aromatic heterocycles. The Hall–Kier alpha value is -1.27. The monoisotopic (exact) mass is 343 g/mol. The molecule has 0 saturated heterocycles. The van der Waals surface area contributed by atoms with Crippen LogP contribution in [0.3, 0.4) is 0 Å². The number of hydrogen-bond donors (Lipinski definition) is 1. The summed E-state index contributed by atoms with van der Waals surface area (Å²) >= 11 is 3.37. The van der Waals surface area contributed by atoms with E-state index in [1.165, 1.54) is 0 Å². The lowest BCUT2D eigenvalue weighted by molar-refractivity contribution is 0.516. The lowest BCUT2D eigenvalue weighted by Gasteiger charge is -2.06. The second-order valence-electron chi connectivity index (χ2n) is 3.97. The highest BCUT2D eigenvalue weighted by molar-refractivity contribution is 9.10. The van der Waals surface area contributed by atoms with Gasteiger partial charge in [-0.25, -0.2) is 8.42 Å². The third-order valence-corrected chi connectivity index (χ3v) is 5.19. The van der Waals surface area contributed by atoms with Gasteiger partial charge in [0.05, 0.1) is 27.9 Å². The van der Waals surface area contributed by atoms with E-state index < -0.39 is 9.84 Å². The van der Waals surface area contributed by atoms with Crippen molar-refractivity contribution in [2.24, 2.45) is 0 Å². The largest absolute Gasteiger partial charge is 0.466 e. The maximum absolute atomic E-state index is 11.7. The average molecular weight is 344 g/mol. The Bertz CT molecular complexity index is 647. The zero-order chi connectivity index (χ0) is 13.9. The molecule has 1 heterocycles. The SMILES string of the molecule is CCS(=O)(=O)c1ccc(NCc2occc2Br)cc1. The van der Waals surface area contributed by atoms with Crippen molar-refractivity contribution in [2.75, 3.05) is 11.1 Å². The van der Waals surface area contributed by atoms with Crippen LogP contribution in [0.4, 0.5) is 5.69 Å². The first kappa shape index (κ1) is 14.1. The zero-order valence-corrected chi connectivity index (χ0v) is 12.8. The molecule has 0 unspecified atom stereocenters. The van der Waals surface area contributed by atoms with Gasteiger partial charge < -0.3 is 9.73 Å². The zero-order valence-electron chi connectivity index (χ0n) is 10.4. The molecule has 0 fully saturated rings. The third-order valence-electron chi connectivity index (χ3n) is 2.74. The maximum atomic E-state index is 11.7. The van der Waals surface area contributed by atoms with Crippen LogP contribution in [0.1, 0.15) is 12.7 Å². The smallest absolute Gasteiger partial charge is 0.178 e. The Kier molecular flexibility index (Phi) is 4.31.